The van der Waals surface area contributed by atoms with Gasteiger partial charge in [-0.1, -0.05) is 6.07 Å². The number of ether oxygens (including phenoxy) is 1. The van der Waals surface area contributed by atoms with E-state index in [1.807, 2.05) is 59.7 Å². The molecule has 1 aromatic carbocycles. The summed E-state index contributed by atoms with van der Waals surface area (Å²) in [7, 11) is -1.22. The van der Waals surface area contributed by atoms with Gasteiger partial charge in [-0.15, -0.1) is 0 Å². The third-order valence-electron chi connectivity index (χ3n) is 5.93. The van der Waals surface area contributed by atoms with Crippen LogP contribution in [0.2, 0.25) is 0 Å². The van der Waals surface area contributed by atoms with Crippen molar-refractivity contribution in [2.45, 2.75) is 77.2 Å². The van der Waals surface area contributed by atoms with Crippen LogP contribution in [0.1, 0.15) is 77.1 Å². The van der Waals surface area contributed by atoms with Crippen molar-refractivity contribution >= 4 is 17.1 Å². The largest absolute Gasteiger partial charge is 0.444 e. The highest BCUT2D eigenvalue weighted by atomic mass is 32.2. The van der Waals surface area contributed by atoms with Crippen LogP contribution < -0.4 is 4.72 Å². The fraction of sp³-hybridized carbons (Fsp3) is 0.652. The number of amides is 1. The highest BCUT2D eigenvalue weighted by Crippen LogP contribution is 2.52. The number of nitrogens with zero attached hydrogens (tertiary/aromatic N) is 2. The van der Waals surface area contributed by atoms with Crippen LogP contribution in [0.5, 0.6) is 0 Å². The van der Waals surface area contributed by atoms with E-state index in [-0.39, 0.29) is 22.3 Å². The van der Waals surface area contributed by atoms with Gasteiger partial charge in [-0.25, -0.2) is 13.7 Å². The molecule has 1 amide bonds. The molecule has 7 heteroatoms. The van der Waals surface area contributed by atoms with Crippen molar-refractivity contribution in [3.05, 3.63) is 34.9 Å². The summed E-state index contributed by atoms with van der Waals surface area (Å²) in [5, 5.41) is 9.31. The average Bonchev–Trinajstić information content (AvgIpc) is 2.92. The average molecular weight is 432 g/mol. The van der Waals surface area contributed by atoms with Crippen LogP contribution in [0.3, 0.4) is 0 Å². The van der Waals surface area contributed by atoms with Gasteiger partial charge in [0.15, 0.2) is 0 Å². The Labute approximate surface area is 182 Å². The zero-order chi connectivity index (χ0) is 22.3. The van der Waals surface area contributed by atoms with Crippen LogP contribution in [-0.4, -0.2) is 38.6 Å². The summed E-state index contributed by atoms with van der Waals surface area (Å²) in [6.07, 6.45) is 2.13. The number of nitrogens with one attached hydrogen (secondary N) is 1. The van der Waals surface area contributed by atoms with Gasteiger partial charge in [0.25, 0.3) is 0 Å². The Hall–Kier alpha value is -1.91. The first-order valence-corrected chi connectivity index (χ1v) is 11.7. The lowest BCUT2D eigenvalue weighted by atomic mass is 9.73. The summed E-state index contributed by atoms with van der Waals surface area (Å²) in [5.74, 6) is 0. The van der Waals surface area contributed by atoms with Crippen molar-refractivity contribution in [2.75, 3.05) is 13.1 Å². The standard InChI is InChI=1S/C23H33N3O3S/c1-21(2,3)29-20(27)26-11-9-23(10-12-26)14-17-13-16(15-24)7-8-18(17)19(23)25-30(28)22(4,5)6/h7-8,13,19,25H,9-12,14H2,1-6H3/t19-,30-/m1/s1. The third kappa shape index (κ3) is 4.70. The summed E-state index contributed by atoms with van der Waals surface area (Å²) in [5.41, 5.74) is 2.26. The number of hydrogen-bond donors (Lipinski definition) is 1. The van der Waals surface area contributed by atoms with E-state index >= 15 is 0 Å². The summed E-state index contributed by atoms with van der Waals surface area (Å²) < 4.78 is 21.5. The van der Waals surface area contributed by atoms with E-state index in [9.17, 15) is 14.3 Å². The molecule has 0 radical (unpaired) electrons. The SMILES string of the molecule is CC(C)(C)OC(=O)N1CCC2(CC1)Cc1cc(C#N)ccc1[C@H]2N[S@](=O)C(C)(C)C. The smallest absolute Gasteiger partial charge is 0.410 e. The molecule has 1 aliphatic carbocycles. The molecule has 1 saturated heterocycles. The molecule has 1 N–H and O–H groups in total. The predicted molar refractivity (Wildman–Crippen MR) is 118 cm³/mol. The van der Waals surface area contributed by atoms with E-state index in [1.165, 1.54) is 0 Å². The summed E-state index contributed by atoms with van der Waals surface area (Å²) in [6, 6.07) is 7.95. The first-order valence-electron chi connectivity index (χ1n) is 10.5. The van der Waals surface area contributed by atoms with Crippen LogP contribution >= 0.6 is 0 Å². The number of carbonyl (C=O) groups is 1. The van der Waals surface area contributed by atoms with Crippen molar-refractivity contribution in [1.82, 2.24) is 9.62 Å². The third-order valence-corrected chi connectivity index (χ3v) is 7.49. The van der Waals surface area contributed by atoms with Crippen LogP contribution in [0.4, 0.5) is 4.79 Å². The number of benzene rings is 1. The van der Waals surface area contributed by atoms with Gasteiger partial charge < -0.3 is 9.64 Å². The highest BCUT2D eigenvalue weighted by Gasteiger charge is 2.49. The molecule has 1 fully saturated rings. The molecule has 1 aromatic rings. The van der Waals surface area contributed by atoms with E-state index in [2.05, 4.69) is 10.8 Å². The van der Waals surface area contributed by atoms with Gasteiger partial charge in [0.05, 0.1) is 33.4 Å². The molecule has 1 heterocycles. The lowest BCUT2D eigenvalue weighted by Crippen LogP contribution is -2.49. The minimum absolute atomic E-state index is 0.0684. The second-order valence-corrected chi connectivity index (χ2v) is 12.5. The number of rotatable bonds is 2. The monoisotopic (exact) mass is 431 g/mol. The quantitative estimate of drug-likeness (QED) is 0.760. The maximum absolute atomic E-state index is 13.0. The summed E-state index contributed by atoms with van der Waals surface area (Å²) in [4.78, 5) is 14.3. The van der Waals surface area contributed by atoms with Crippen molar-refractivity contribution in [3.8, 4) is 6.07 Å². The number of hydrogen-bond acceptors (Lipinski definition) is 4. The van der Waals surface area contributed by atoms with Gasteiger partial charge in [0.1, 0.15) is 5.60 Å². The Balaban J connectivity index is 1.85. The predicted octanol–water partition coefficient (Wildman–Crippen LogP) is 4.22. The second-order valence-electron chi connectivity index (χ2n) is 10.5. The first kappa shape index (κ1) is 22.8. The van der Waals surface area contributed by atoms with E-state index < -0.39 is 16.6 Å². The number of likely N-dealkylation sites (tertiary alicyclic amines) is 1. The van der Waals surface area contributed by atoms with Crippen LogP contribution in [0.25, 0.3) is 0 Å². The molecule has 30 heavy (non-hydrogen) atoms. The Morgan fingerprint density at radius 1 is 1.23 bits per heavy atom. The van der Waals surface area contributed by atoms with E-state index in [1.54, 1.807) is 4.90 Å². The minimum Gasteiger partial charge on any atom is -0.444 e. The number of carbonyl (C=O) groups excluding carboxylic acids is 1. The van der Waals surface area contributed by atoms with E-state index in [0.29, 0.717) is 18.7 Å². The molecule has 164 valence electrons. The Morgan fingerprint density at radius 3 is 2.40 bits per heavy atom. The van der Waals surface area contributed by atoms with Gasteiger partial charge in [-0.05, 0) is 89.5 Å². The minimum atomic E-state index is -1.22. The molecule has 2 aliphatic rings. The van der Waals surface area contributed by atoms with Gasteiger partial charge in [0, 0.05) is 13.1 Å². The topological polar surface area (TPSA) is 82.4 Å². The molecule has 1 aliphatic heterocycles. The fourth-order valence-electron chi connectivity index (χ4n) is 4.32. The van der Waals surface area contributed by atoms with Crippen molar-refractivity contribution < 1.29 is 13.7 Å². The molecule has 2 atom stereocenters. The van der Waals surface area contributed by atoms with E-state index in [4.69, 9.17) is 4.74 Å². The zero-order valence-electron chi connectivity index (χ0n) is 18.9. The number of piperidine rings is 1. The molecule has 3 rings (SSSR count). The Bertz CT molecular complexity index is 884. The molecular weight excluding hydrogens is 398 g/mol. The molecule has 0 aromatic heterocycles. The summed E-state index contributed by atoms with van der Waals surface area (Å²) >= 11 is 0. The van der Waals surface area contributed by atoms with Crippen LogP contribution in [0, 0.1) is 16.7 Å². The second kappa shape index (κ2) is 7.97. The molecular formula is C23H33N3O3S. The lowest BCUT2D eigenvalue weighted by Gasteiger charge is -2.44. The van der Waals surface area contributed by atoms with E-state index in [0.717, 1.165) is 30.4 Å². The van der Waals surface area contributed by atoms with Gasteiger partial charge in [-0.2, -0.15) is 5.26 Å². The van der Waals surface area contributed by atoms with Crippen LogP contribution in [-0.2, 0) is 22.1 Å². The fourth-order valence-corrected chi connectivity index (χ4v) is 5.26. The lowest BCUT2D eigenvalue weighted by molar-refractivity contribution is 0.00724. The van der Waals surface area contributed by atoms with Crippen molar-refractivity contribution in [1.29, 1.82) is 5.26 Å². The number of fused-ring (bicyclic) bond motifs is 1. The maximum atomic E-state index is 13.0. The highest BCUT2D eigenvalue weighted by molar-refractivity contribution is 7.84. The maximum Gasteiger partial charge on any atom is 0.410 e. The van der Waals surface area contributed by atoms with Crippen molar-refractivity contribution in [2.24, 2.45) is 5.41 Å². The number of nitriles is 1. The zero-order valence-corrected chi connectivity index (χ0v) is 19.7. The van der Waals surface area contributed by atoms with Gasteiger partial charge >= 0.3 is 6.09 Å². The van der Waals surface area contributed by atoms with Crippen molar-refractivity contribution in [3.63, 3.8) is 0 Å². The van der Waals surface area contributed by atoms with Gasteiger partial charge in [0.2, 0.25) is 0 Å². The van der Waals surface area contributed by atoms with Gasteiger partial charge in [-0.3, -0.25) is 0 Å². The first-order chi connectivity index (χ1) is 13.8. The Kier molecular flexibility index (Phi) is 6.05. The molecule has 0 saturated carbocycles. The molecule has 0 unspecified atom stereocenters. The molecule has 1 spiro atoms. The van der Waals surface area contributed by atoms with Crippen LogP contribution in [0.15, 0.2) is 18.2 Å². The molecule has 6 nitrogen and oxygen atoms in total. The summed E-state index contributed by atoms with van der Waals surface area (Å²) in [6.45, 7) is 12.7. The molecule has 0 bridgehead atoms. The normalized spacial score (nSPS) is 21.8. The Morgan fingerprint density at radius 2 is 1.87 bits per heavy atom.